The molecule has 0 spiro atoms. The van der Waals surface area contributed by atoms with E-state index in [0.29, 0.717) is 5.41 Å². The minimum Gasteiger partial charge on any atom is -0.403 e. The zero-order chi connectivity index (χ0) is 11.3. The number of hydrogen-bond acceptors (Lipinski definition) is 2. The molecule has 0 radical (unpaired) electrons. The van der Waals surface area contributed by atoms with Crippen LogP contribution in [0.2, 0.25) is 6.32 Å². The minimum atomic E-state index is -0.169. The molecule has 15 heavy (non-hydrogen) atoms. The Morgan fingerprint density at radius 1 is 0.933 bits per heavy atom. The van der Waals surface area contributed by atoms with Crippen molar-refractivity contribution in [3.8, 4) is 0 Å². The molecule has 0 unspecified atom stereocenters. The maximum absolute atomic E-state index is 6.01. The van der Waals surface area contributed by atoms with Gasteiger partial charge in [0.25, 0.3) is 0 Å². The summed E-state index contributed by atoms with van der Waals surface area (Å²) in [5.41, 5.74) is 0.136. The van der Waals surface area contributed by atoms with Crippen LogP contribution in [0.3, 0.4) is 0 Å². The first-order valence-corrected chi connectivity index (χ1v) is 6.10. The van der Waals surface area contributed by atoms with Crippen LogP contribution in [-0.4, -0.2) is 18.3 Å². The van der Waals surface area contributed by atoms with Gasteiger partial charge in [0.05, 0.1) is 11.2 Å². The molecular formula is C12H23BO2. The zero-order valence-electron chi connectivity index (χ0n) is 10.7. The van der Waals surface area contributed by atoms with E-state index in [1.807, 2.05) is 0 Å². The Morgan fingerprint density at radius 3 is 1.73 bits per heavy atom. The van der Waals surface area contributed by atoms with Gasteiger partial charge in [0.1, 0.15) is 0 Å². The van der Waals surface area contributed by atoms with Gasteiger partial charge in [0.15, 0.2) is 0 Å². The molecule has 2 rings (SSSR count). The Balaban J connectivity index is 1.97. The molecule has 2 nitrogen and oxygen atoms in total. The predicted molar refractivity (Wildman–Crippen MR) is 62.8 cm³/mol. The third kappa shape index (κ3) is 1.96. The quantitative estimate of drug-likeness (QED) is 0.651. The van der Waals surface area contributed by atoms with E-state index < -0.39 is 0 Å². The SMILES string of the molecule is CC1(CB2OC(C)(C)C(C)(C)O2)CCC1. The second-order valence-electron chi connectivity index (χ2n) is 6.55. The first-order valence-electron chi connectivity index (χ1n) is 6.10. The minimum absolute atomic E-state index is 0.000278. The third-order valence-electron chi connectivity index (χ3n) is 4.52. The molecule has 0 N–H and O–H groups in total. The lowest BCUT2D eigenvalue weighted by atomic mass is 9.59. The van der Waals surface area contributed by atoms with E-state index in [2.05, 4.69) is 34.6 Å². The average Bonchev–Trinajstić information content (AvgIpc) is 2.17. The molecule has 1 aliphatic heterocycles. The molecule has 2 fully saturated rings. The largest absolute Gasteiger partial charge is 0.458 e. The van der Waals surface area contributed by atoms with Crippen molar-refractivity contribution in [1.82, 2.24) is 0 Å². The normalized spacial score (nSPS) is 31.4. The third-order valence-corrected chi connectivity index (χ3v) is 4.52. The molecule has 2 aliphatic rings. The summed E-state index contributed by atoms with van der Waals surface area (Å²) in [6, 6.07) is 0. The molecule has 0 bridgehead atoms. The van der Waals surface area contributed by atoms with Gasteiger partial charge in [-0.25, -0.2) is 0 Å². The topological polar surface area (TPSA) is 18.5 Å². The van der Waals surface area contributed by atoms with Crippen LogP contribution in [0.4, 0.5) is 0 Å². The summed E-state index contributed by atoms with van der Waals surface area (Å²) in [7, 11) is 0.000278. The van der Waals surface area contributed by atoms with Crippen molar-refractivity contribution in [2.75, 3.05) is 0 Å². The summed E-state index contributed by atoms with van der Waals surface area (Å²) in [6.45, 7) is 10.8. The summed E-state index contributed by atoms with van der Waals surface area (Å²) in [5.74, 6) is 0. The van der Waals surface area contributed by atoms with E-state index in [0.717, 1.165) is 6.32 Å². The second kappa shape index (κ2) is 3.24. The maximum Gasteiger partial charge on any atom is 0.458 e. The van der Waals surface area contributed by atoms with E-state index in [4.69, 9.17) is 9.31 Å². The smallest absolute Gasteiger partial charge is 0.403 e. The standard InChI is InChI=1S/C12H23BO2/c1-10(2)11(3,4)15-13(14-10)9-12(5)7-6-8-12/h6-9H2,1-5H3. The number of rotatable bonds is 2. The molecule has 1 heterocycles. The Bertz CT molecular complexity index is 240. The van der Waals surface area contributed by atoms with Crippen LogP contribution in [0.5, 0.6) is 0 Å². The maximum atomic E-state index is 6.01. The van der Waals surface area contributed by atoms with Gasteiger partial charge in [-0.05, 0) is 52.3 Å². The van der Waals surface area contributed by atoms with Crippen LogP contribution >= 0.6 is 0 Å². The van der Waals surface area contributed by atoms with Crippen molar-refractivity contribution in [3.05, 3.63) is 0 Å². The monoisotopic (exact) mass is 210 g/mol. The fourth-order valence-corrected chi connectivity index (χ4v) is 2.44. The van der Waals surface area contributed by atoms with Crippen LogP contribution in [0, 0.1) is 5.41 Å². The summed E-state index contributed by atoms with van der Waals surface area (Å²) in [5, 5.41) is 0. The van der Waals surface area contributed by atoms with Gasteiger partial charge in [-0.1, -0.05) is 13.3 Å². The van der Waals surface area contributed by atoms with E-state index >= 15 is 0 Å². The van der Waals surface area contributed by atoms with Gasteiger partial charge in [0.2, 0.25) is 0 Å². The number of hydrogen-bond donors (Lipinski definition) is 0. The van der Waals surface area contributed by atoms with Crippen molar-refractivity contribution in [1.29, 1.82) is 0 Å². The Kier molecular flexibility index (Phi) is 2.48. The van der Waals surface area contributed by atoms with E-state index in [1.54, 1.807) is 0 Å². The fourth-order valence-electron chi connectivity index (χ4n) is 2.44. The van der Waals surface area contributed by atoms with Crippen molar-refractivity contribution in [2.24, 2.45) is 5.41 Å². The van der Waals surface area contributed by atoms with Crippen molar-refractivity contribution < 1.29 is 9.31 Å². The van der Waals surface area contributed by atoms with Gasteiger partial charge in [-0.3, -0.25) is 0 Å². The molecule has 0 aromatic heterocycles. The highest BCUT2D eigenvalue weighted by Crippen LogP contribution is 2.48. The average molecular weight is 210 g/mol. The summed E-state index contributed by atoms with van der Waals surface area (Å²) < 4.78 is 12.0. The summed E-state index contributed by atoms with van der Waals surface area (Å²) in [6.07, 6.45) is 5.09. The highest BCUT2D eigenvalue weighted by Gasteiger charge is 2.53. The van der Waals surface area contributed by atoms with Gasteiger partial charge in [-0.2, -0.15) is 0 Å². The Morgan fingerprint density at radius 2 is 1.40 bits per heavy atom. The van der Waals surface area contributed by atoms with E-state index in [-0.39, 0.29) is 18.3 Å². The van der Waals surface area contributed by atoms with Gasteiger partial charge in [0, 0.05) is 0 Å². The first-order chi connectivity index (χ1) is 6.74. The lowest BCUT2D eigenvalue weighted by Gasteiger charge is -2.38. The molecule has 1 saturated heterocycles. The molecular weight excluding hydrogens is 187 g/mol. The zero-order valence-corrected chi connectivity index (χ0v) is 10.7. The Hall–Kier alpha value is -0.0151. The lowest BCUT2D eigenvalue weighted by Crippen LogP contribution is -2.41. The molecule has 1 aliphatic carbocycles. The van der Waals surface area contributed by atoms with Crippen molar-refractivity contribution in [3.63, 3.8) is 0 Å². The van der Waals surface area contributed by atoms with Crippen LogP contribution in [0.15, 0.2) is 0 Å². The lowest BCUT2D eigenvalue weighted by molar-refractivity contribution is 0.00578. The molecule has 0 amide bonds. The molecule has 3 heteroatoms. The van der Waals surface area contributed by atoms with Gasteiger partial charge in [-0.15, -0.1) is 0 Å². The predicted octanol–water partition coefficient (Wildman–Crippen LogP) is 3.27. The highest BCUT2D eigenvalue weighted by atomic mass is 16.7. The molecule has 86 valence electrons. The van der Waals surface area contributed by atoms with E-state index in [1.165, 1.54) is 19.3 Å². The fraction of sp³-hybridized carbons (Fsp3) is 1.00. The second-order valence-corrected chi connectivity index (χ2v) is 6.55. The molecule has 1 saturated carbocycles. The molecule has 0 aromatic carbocycles. The van der Waals surface area contributed by atoms with Crippen LogP contribution in [0.25, 0.3) is 0 Å². The van der Waals surface area contributed by atoms with Crippen LogP contribution < -0.4 is 0 Å². The van der Waals surface area contributed by atoms with Gasteiger partial charge >= 0.3 is 7.12 Å². The molecule has 0 aromatic rings. The summed E-state index contributed by atoms with van der Waals surface area (Å²) in [4.78, 5) is 0. The highest BCUT2D eigenvalue weighted by molar-refractivity contribution is 6.45. The van der Waals surface area contributed by atoms with E-state index in [9.17, 15) is 0 Å². The van der Waals surface area contributed by atoms with Crippen LogP contribution in [0.1, 0.15) is 53.9 Å². The van der Waals surface area contributed by atoms with Crippen molar-refractivity contribution >= 4 is 7.12 Å². The van der Waals surface area contributed by atoms with Crippen molar-refractivity contribution in [2.45, 2.75) is 71.4 Å². The first kappa shape index (κ1) is 11.5. The van der Waals surface area contributed by atoms with Gasteiger partial charge < -0.3 is 9.31 Å². The summed E-state index contributed by atoms with van der Waals surface area (Å²) >= 11 is 0. The Labute approximate surface area is 93.9 Å². The van der Waals surface area contributed by atoms with Crippen LogP contribution in [-0.2, 0) is 9.31 Å². The molecule has 0 atom stereocenters.